The van der Waals surface area contributed by atoms with Crippen molar-refractivity contribution in [1.82, 2.24) is 4.98 Å². The fraction of sp³-hybridized carbons (Fsp3) is 0.633. The summed E-state index contributed by atoms with van der Waals surface area (Å²) in [4.78, 5) is 4.79. The third-order valence-electron chi connectivity index (χ3n) is 7.34. The normalized spacial score (nSPS) is 18.9. The Labute approximate surface area is 192 Å². The largest absolute Gasteiger partial charge is 0.256 e. The molecule has 1 fully saturated rings. The van der Waals surface area contributed by atoms with Crippen LogP contribution in [0.1, 0.15) is 108 Å². The van der Waals surface area contributed by atoms with Crippen molar-refractivity contribution in [1.29, 1.82) is 0 Å². The molecular formula is C30H45N. The van der Waals surface area contributed by atoms with Gasteiger partial charge in [0.2, 0.25) is 0 Å². The summed E-state index contributed by atoms with van der Waals surface area (Å²) in [5, 5.41) is 0. The van der Waals surface area contributed by atoms with E-state index >= 15 is 0 Å². The van der Waals surface area contributed by atoms with E-state index in [2.05, 4.69) is 56.4 Å². The van der Waals surface area contributed by atoms with E-state index in [4.69, 9.17) is 4.98 Å². The second-order valence-corrected chi connectivity index (χ2v) is 9.99. The average molecular weight is 420 g/mol. The molecule has 1 aromatic heterocycles. The minimum Gasteiger partial charge on any atom is -0.256 e. The maximum atomic E-state index is 4.79. The summed E-state index contributed by atoms with van der Waals surface area (Å²) in [6, 6.07) is 13.6. The molecule has 1 nitrogen and oxygen atoms in total. The predicted molar refractivity (Wildman–Crippen MR) is 135 cm³/mol. The molecule has 0 N–H and O–H groups in total. The molecule has 1 aliphatic rings. The number of pyridine rings is 1. The van der Waals surface area contributed by atoms with Crippen LogP contribution in [0.3, 0.4) is 0 Å². The van der Waals surface area contributed by atoms with Crippen LogP contribution in [-0.4, -0.2) is 4.98 Å². The van der Waals surface area contributed by atoms with Gasteiger partial charge in [-0.1, -0.05) is 108 Å². The molecule has 3 rings (SSSR count). The monoisotopic (exact) mass is 419 g/mol. The van der Waals surface area contributed by atoms with Crippen molar-refractivity contribution < 1.29 is 0 Å². The Bertz CT molecular complexity index is 715. The molecular weight excluding hydrogens is 374 g/mol. The lowest BCUT2D eigenvalue weighted by Gasteiger charge is -2.29. The van der Waals surface area contributed by atoms with E-state index in [-0.39, 0.29) is 0 Å². The van der Waals surface area contributed by atoms with Gasteiger partial charge in [-0.2, -0.15) is 0 Å². The van der Waals surface area contributed by atoms with Crippen molar-refractivity contribution in [2.75, 3.05) is 0 Å². The van der Waals surface area contributed by atoms with Gasteiger partial charge >= 0.3 is 0 Å². The number of aryl methyl sites for hydroxylation is 2. The van der Waals surface area contributed by atoms with Gasteiger partial charge in [0.15, 0.2) is 0 Å². The van der Waals surface area contributed by atoms with Crippen LogP contribution < -0.4 is 0 Å². The van der Waals surface area contributed by atoms with Crippen LogP contribution in [0, 0.1) is 11.8 Å². The molecule has 31 heavy (non-hydrogen) atoms. The van der Waals surface area contributed by atoms with Gasteiger partial charge in [0.25, 0.3) is 0 Å². The fourth-order valence-electron chi connectivity index (χ4n) is 5.32. The molecule has 0 amide bonds. The smallest absolute Gasteiger partial charge is 0.0702 e. The van der Waals surface area contributed by atoms with E-state index < -0.39 is 0 Å². The highest BCUT2D eigenvalue weighted by atomic mass is 14.7. The van der Waals surface area contributed by atoms with Gasteiger partial charge < -0.3 is 0 Å². The van der Waals surface area contributed by atoms with Crippen LogP contribution in [0.5, 0.6) is 0 Å². The van der Waals surface area contributed by atoms with E-state index in [1.165, 1.54) is 113 Å². The van der Waals surface area contributed by atoms with E-state index in [0.717, 1.165) is 17.5 Å². The Hall–Kier alpha value is -1.63. The Kier molecular flexibility index (Phi) is 10.6. The van der Waals surface area contributed by atoms with Crippen molar-refractivity contribution in [3.8, 4) is 11.3 Å². The molecule has 0 bridgehead atoms. The lowest BCUT2D eigenvalue weighted by atomic mass is 9.77. The zero-order chi connectivity index (χ0) is 21.7. The molecule has 1 aromatic carbocycles. The molecule has 1 saturated carbocycles. The maximum absolute atomic E-state index is 4.79. The first kappa shape index (κ1) is 24.0. The highest BCUT2D eigenvalue weighted by molar-refractivity contribution is 5.59. The SMILES string of the molecule is CCCCCCC1CCCC(CCc2ccc(-c3ccc(CCCCC)cc3)nc2)C1. The first-order valence-electron chi connectivity index (χ1n) is 13.3. The number of rotatable bonds is 13. The molecule has 0 saturated heterocycles. The average Bonchev–Trinajstić information content (AvgIpc) is 2.82. The van der Waals surface area contributed by atoms with Crippen molar-refractivity contribution in [3.63, 3.8) is 0 Å². The predicted octanol–water partition coefficient (Wildman–Crippen LogP) is 9.19. The molecule has 2 aromatic rings. The highest BCUT2D eigenvalue weighted by Gasteiger charge is 2.21. The minimum absolute atomic E-state index is 0.935. The number of nitrogens with zero attached hydrogens (tertiary/aromatic N) is 1. The summed E-state index contributed by atoms with van der Waals surface area (Å²) in [6.45, 7) is 4.57. The quantitative estimate of drug-likeness (QED) is 0.295. The molecule has 1 heteroatoms. The van der Waals surface area contributed by atoms with Gasteiger partial charge in [0, 0.05) is 11.8 Å². The molecule has 1 aliphatic carbocycles. The van der Waals surface area contributed by atoms with Gasteiger partial charge in [-0.25, -0.2) is 0 Å². The van der Waals surface area contributed by atoms with Crippen molar-refractivity contribution in [2.24, 2.45) is 11.8 Å². The standard InChI is InChI=1S/C30H45N/c1-3-5-7-9-12-26-13-10-14-27(23-26)15-16-28-19-22-30(31-24-28)29-20-17-25(18-21-29)11-8-6-4-2/h17-22,24,26-27H,3-16,23H2,1-2H3. The van der Waals surface area contributed by atoms with E-state index in [9.17, 15) is 0 Å². The summed E-state index contributed by atoms with van der Waals surface area (Å²) in [5.74, 6) is 1.94. The van der Waals surface area contributed by atoms with Crippen LogP contribution in [0.4, 0.5) is 0 Å². The lowest BCUT2D eigenvalue weighted by molar-refractivity contribution is 0.239. The van der Waals surface area contributed by atoms with E-state index in [0.29, 0.717) is 0 Å². The molecule has 0 aliphatic heterocycles. The Balaban J connectivity index is 1.43. The first-order valence-corrected chi connectivity index (χ1v) is 13.3. The molecule has 2 unspecified atom stereocenters. The van der Waals surface area contributed by atoms with Gasteiger partial charge in [0.05, 0.1) is 5.69 Å². The number of hydrogen-bond acceptors (Lipinski definition) is 1. The molecule has 1 heterocycles. The second-order valence-electron chi connectivity index (χ2n) is 9.99. The number of benzene rings is 1. The van der Waals surface area contributed by atoms with Crippen LogP contribution >= 0.6 is 0 Å². The van der Waals surface area contributed by atoms with Crippen LogP contribution in [-0.2, 0) is 12.8 Å². The third-order valence-corrected chi connectivity index (χ3v) is 7.34. The summed E-state index contributed by atoms with van der Waals surface area (Å²) in [7, 11) is 0. The van der Waals surface area contributed by atoms with Gasteiger partial charge in [-0.15, -0.1) is 0 Å². The third kappa shape index (κ3) is 8.43. The second kappa shape index (κ2) is 13.7. The zero-order valence-corrected chi connectivity index (χ0v) is 20.2. The summed E-state index contributed by atoms with van der Waals surface area (Å²) < 4.78 is 0. The summed E-state index contributed by atoms with van der Waals surface area (Å²) in [5.41, 5.74) is 5.20. The number of hydrogen-bond donors (Lipinski definition) is 0. The molecule has 2 atom stereocenters. The van der Waals surface area contributed by atoms with Crippen molar-refractivity contribution >= 4 is 0 Å². The van der Waals surface area contributed by atoms with Gasteiger partial charge in [-0.3, -0.25) is 4.98 Å². The molecule has 0 radical (unpaired) electrons. The lowest BCUT2D eigenvalue weighted by Crippen LogP contribution is -2.16. The van der Waals surface area contributed by atoms with Crippen LogP contribution in [0.15, 0.2) is 42.6 Å². The van der Waals surface area contributed by atoms with Crippen molar-refractivity contribution in [2.45, 2.75) is 110 Å². The van der Waals surface area contributed by atoms with Crippen LogP contribution in [0.2, 0.25) is 0 Å². The van der Waals surface area contributed by atoms with Gasteiger partial charge in [0.1, 0.15) is 0 Å². The zero-order valence-electron chi connectivity index (χ0n) is 20.2. The van der Waals surface area contributed by atoms with Crippen molar-refractivity contribution in [3.05, 3.63) is 53.7 Å². The number of unbranched alkanes of at least 4 members (excludes halogenated alkanes) is 5. The Morgan fingerprint density at radius 1 is 0.710 bits per heavy atom. The number of aromatic nitrogens is 1. The summed E-state index contributed by atoms with van der Waals surface area (Å²) in [6.07, 6.45) is 22.8. The van der Waals surface area contributed by atoms with E-state index in [1.807, 2.05) is 0 Å². The summed E-state index contributed by atoms with van der Waals surface area (Å²) >= 11 is 0. The van der Waals surface area contributed by atoms with Gasteiger partial charge in [-0.05, 0) is 61.1 Å². The highest BCUT2D eigenvalue weighted by Crippen LogP contribution is 2.35. The Morgan fingerprint density at radius 2 is 1.42 bits per heavy atom. The minimum atomic E-state index is 0.935. The molecule has 170 valence electrons. The Morgan fingerprint density at radius 3 is 2.13 bits per heavy atom. The topological polar surface area (TPSA) is 12.9 Å². The van der Waals surface area contributed by atoms with Crippen LogP contribution in [0.25, 0.3) is 11.3 Å². The maximum Gasteiger partial charge on any atom is 0.0702 e. The first-order chi connectivity index (χ1) is 15.3. The fourth-order valence-corrected chi connectivity index (χ4v) is 5.32. The molecule has 0 spiro atoms. The van der Waals surface area contributed by atoms with E-state index in [1.54, 1.807) is 0 Å².